The number of nitrogens with one attached hydrogen (secondary N) is 1. The summed E-state index contributed by atoms with van der Waals surface area (Å²) in [5, 5.41) is 4.03. The van der Waals surface area contributed by atoms with Gasteiger partial charge in [-0.25, -0.2) is 4.39 Å². The molecule has 3 nitrogen and oxygen atoms in total. The maximum absolute atomic E-state index is 13.3. The second-order valence-corrected chi connectivity index (χ2v) is 6.91. The van der Waals surface area contributed by atoms with Crippen molar-refractivity contribution in [3.05, 3.63) is 59.4 Å². The van der Waals surface area contributed by atoms with Crippen LogP contribution in [0.25, 0.3) is 0 Å². The molecule has 2 aromatic rings. The molecule has 1 saturated heterocycles. The molecular formula is C19H19FN2OS. The Bertz CT molecular complexity index is 808. The van der Waals surface area contributed by atoms with E-state index >= 15 is 0 Å². The number of hydrogen-bond acceptors (Lipinski definition) is 2. The molecule has 1 fully saturated rings. The van der Waals surface area contributed by atoms with Gasteiger partial charge in [-0.1, -0.05) is 19.1 Å². The smallest absolute Gasteiger partial charge is 0.188 e. The molecular weight excluding hydrogens is 323 g/mol. The van der Waals surface area contributed by atoms with Gasteiger partial charge in [0.2, 0.25) is 0 Å². The highest BCUT2D eigenvalue weighted by molar-refractivity contribution is 7.80. The predicted octanol–water partition coefficient (Wildman–Crippen LogP) is 4.32. The minimum atomic E-state index is -0.592. The SMILES string of the molecule is CCc1ccc2c(c1)[C@H]1C[C@](C)(O2)N(c2ccc(F)cc2)C(=S)N1. The largest absolute Gasteiger partial charge is 0.467 e. The summed E-state index contributed by atoms with van der Waals surface area (Å²) in [5.74, 6) is 0.618. The van der Waals surface area contributed by atoms with Crippen LogP contribution in [0.3, 0.4) is 0 Å². The van der Waals surface area contributed by atoms with E-state index in [-0.39, 0.29) is 11.9 Å². The van der Waals surface area contributed by atoms with Gasteiger partial charge in [-0.2, -0.15) is 0 Å². The fraction of sp³-hybridized carbons (Fsp3) is 0.316. The average molecular weight is 342 g/mol. The Morgan fingerprint density at radius 3 is 2.75 bits per heavy atom. The summed E-state index contributed by atoms with van der Waals surface area (Å²) in [6.45, 7) is 4.18. The van der Waals surface area contributed by atoms with E-state index in [1.165, 1.54) is 17.7 Å². The van der Waals surface area contributed by atoms with Gasteiger partial charge < -0.3 is 10.1 Å². The molecule has 0 unspecified atom stereocenters. The molecule has 2 aliphatic rings. The molecule has 0 saturated carbocycles. The van der Waals surface area contributed by atoms with Gasteiger partial charge in [0, 0.05) is 17.7 Å². The van der Waals surface area contributed by atoms with Crippen molar-refractivity contribution in [2.75, 3.05) is 4.90 Å². The molecule has 4 rings (SSSR count). The topological polar surface area (TPSA) is 24.5 Å². The Morgan fingerprint density at radius 2 is 2.04 bits per heavy atom. The number of hydrogen-bond donors (Lipinski definition) is 1. The van der Waals surface area contributed by atoms with E-state index in [0.29, 0.717) is 5.11 Å². The molecule has 0 spiro atoms. The zero-order valence-corrected chi connectivity index (χ0v) is 14.5. The first-order valence-electron chi connectivity index (χ1n) is 8.18. The first-order chi connectivity index (χ1) is 11.5. The highest BCUT2D eigenvalue weighted by atomic mass is 32.1. The van der Waals surface area contributed by atoms with Crippen molar-refractivity contribution in [3.63, 3.8) is 0 Å². The normalized spacial score (nSPS) is 24.9. The molecule has 5 heteroatoms. The van der Waals surface area contributed by atoms with Gasteiger partial charge >= 0.3 is 0 Å². The molecule has 0 radical (unpaired) electrons. The van der Waals surface area contributed by atoms with E-state index in [1.807, 2.05) is 17.9 Å². The van der Waals surface area contributed by atoms with Crippen molar-refractivity contribution in [2.24, 2.45) is 0 Å². The highest BCUT2D eigenvalue weighted by Crippen LogP contribution is 2.45. The molecule has 1 N–H and O–H groups in total. The van der Waals surface area contributed by atoms with Gasteiger partial charge in [-0.3, -0.25) is 4.90 Å². The minimum Gasteiger partial charge on any atom is -0.467 e. The molecule has 0 aliphatic carbocycles. The van der Waals surface area contributed by atoms with E-state index in [4.69, 9.17) is 17.0 Å². The molecule has 2 atom stereocenters. The second-order valence-electron chi connectivity index (χ2n) is 6.52. The standard InChI is InChI=1S/C19H19FN2OS/c1-3-12-4-9-17-15(10-12)16-11-19(2,23-17)22(18(24)21-16)14-7-5-13(20)6-8-14/h4-10,16H,3,11H2,1-2H3,(H,21,24)/t16-,19+/m1/s1. The molecule has 0 amide bonds. The Morgan fingerprint density at radius 1 is 1.29 bits per heavy atom. The minimum absolute atomic E-state index is 0.134. The number of aryl methyl sites for hydroxylation is 1. The van der Waals surface area contributed by atoms with Gasteiger partial charge in [0.15, 0.2) is 10.8 Å². The van der Waals surface area contributed by atoms with Gasteiger partial charge in [0.25, 0.3) is 0 Å². The van der Waals surface area contributed by atoms with E-state index in [2.05, 4.69) is 24.4 Å². The van der Waals surface area contributed by atoms with Crippen molar-refractivity contribution >= 4 is 23.0 Å². The Balaban J connectivity index is 1.77. The lowest BCUT2D eigenvalue weighted by Gasteiger charge is -2.52. The summed E-state index contributed by atoms with van der Waals surface area (Å²) in [4.78, 5) is 1.94. The molecule has 2 aliphatic heterocycles. The fourth-order valence-electron chi connectivity index (χ4n) is 3.62. The molecule has 24 heavy (non-hydrogen) atoms. The summed E-state index contributed by atoms with van der Waals surface area (Å²) < 4.78 is 19.6. The number of fused-ring (bicyclic) bond motifs is 4. The van der Waals surface area contributed by atoms with Crippen molar-refractivity contribution in [1.29, 1.82) is 0 Å². The van der Waals surface area contributed by atoms with Crippen molar-refractivity contribution < 1.29 is 9.13 Å². The summed E-state index contributed by atoms with van der Waals surface area (Å²) in [5.41, 5.74) is 2.68. The van der Waals surface area contributed by atoms with Crippen LogP contribution in [-0.4, -0.2) is 10.8 Å². The van der Waals surface area contributed by atoms with E-state index in [0.717, 1.165) is 29.8 Å². The quantitative estimate of drug-likeness (QED) is 0.822. The maximum Gasteiger partial charge on any atom is 0.188 e. The van der Waals surface area contributed by atoms with E-state index < -0.39 is 5.72 Å². The summed E-state index contributed by atoms with van der Waals surface area (Å²) >= 11 is 5.60. The van der Waals surface area contributed by atoms with Crippen molar-refractivity contribution in [1.82, 2.24) is 5.32 Å². The zero-order valence-electron chi connectivity index (χ0n) is 13.7. The number of anilines is 1. The van der Waals surface area contributed by atoms with E-state index in [1.54, 1.807) is 12.1 Å². The molecule has 2 heterocycles. The molecule has 124 valence electrons. The third-order valence-electron chi connectivity index (χ3n) is 4.83. The Kier molecular flexibility index (Phi) is 3.49. The lowest BCUT2D eigenvalue weighted by molar-refractivity contribution is 0.0497. The summed E-state index contributed by atoms with van der Waals surface area (Å²) in [6, 6.07) is 12.8. The van der Waals surface area contributed by atoms with Crippen LogP contribution in [0.4, 0.5) is 10.1 Å². The third-order valence-corrected chi connectivity index (χ3v) is 5.13. The number of nitrogens with zero attached hydrogens (tertiary/aromatic N) is 1. The second kappa shape index (κ2) is 5.45. The maximum atomic E-state index is 13.3. The first kappa shape index (κ1) is 15.4. The number of ether oxygens (including phenoxy) is 1. The van der Waals surface area contributed by atoms with Crippen LogP contribution in [0, 0.1) is 5.82 Å². The van der Waals surface area contributed by atoms with Crippen LogP contribution in [0.1, 0.15) is 37.4 Å². The first-order valence-corrected chi connectivity index (χ1v) is 8.59. The molecule has 2 aromatic carbocycles. The monoisotopic (exact) mass is 342 g/mol. The van der Waals surface area contributed by atoms with Crippen molar-refractivity contribution in [3.8, 4) is 5.75 Å². The van der Waals surface area contributed by atoms with Gasteiger partial charge in [-0.05, 0) is 61.5 Å². The van der Waals surface area contributed by atoms with Gasteiger partial charge in [0.1, 0.15) is 11.6 Å². The lowest BCUT2D eigenvalue weighted by atomic mass is 9.89. The van der Waals surface area contributed by atoms with Crippen LogP contribution in [0.2, 0.25) is 0 Å². The van der Waals surface area contributed by atoms with Crippen LogP contribution in [0.15, 0.2) is 42.5 Å². The Labute approximate surface area is 146 Å². The summed E-state index contributed by atoms with van der Waals surface area (Å²) in [6.07, 6.45) is 1.76. The average Bonchev–Trinajstić information content (AvgIpc) is 2.55. The van der Waals surface area contributed by atoms with Crippen LogP contribution in [-0.2, 0) is 6.42 Å². The predicted molar refractivity (Wildman–Crippen MR) is 96.8 cm³/mol. The van der Waals surface area contributed by atoms with Crippen molar-refractivity contribution in [2.45, 2.75) is 38.5 Å². The zero-order chi connectivity index (χ0) is 16.9. The highest BCUT2D eigenvalue weighted by Gasteiger charge is 2.48. The third kappa shape index (κ3) is 2.35. The molecule has 0 aromatic heterocycles. The number of benzene rings is 2. The van der Waals surface area contributed by atoms with Gasteiger partial charge in [-0.15, -0.1) is 0 Å². The Hall–Kier alpha value is -2.14. The van der Waals surface area contributed by atoms with Crippen LogP contribution in [0.5, 0.6) is 5.75 Å². The number of thiocarbonyl (C=S) groups is 1. The lowest BCUT2D eigenvalue weighted by Crippen LogP contribution is -2.65. The van der Waals surface area contributed by atoms with Crippen LogP contribution >= 0.6 is 12.2 Å². The van der Waals surface area contributed by atoms with Crippen LogP contribution < -0.4 is 15.0 Å². The fourth-order valence-corrected chi connectivity index (χ4v) is 4.07. The summed E-state index contributed by atoms with van der Waals surface area (Å²) in [7, 11) is 0. The van der Waals surface area contributed by atoms with E-state index in [9.17, 15) is 4.39 Å². The molecule has 2 bridgehead atoms. The number of rotatable bonds is 2. The number of halogens is 1. The van der Waals surface area contributed by atoms with Gasteiger partial charge in [0.05, 0.1) is 6.04 Å².